The average Bonchev–Trinajstić information content (AvgIpc) is 2.86. The van der Waals surface area contributed by atoms with E-state index in [4.69, 9.17) is 0 Å². The lowest BCUT2D eigenvalue weighted by atomic mass is 10.0. The minimum absolute atomic E-state index is 0.250. The zero-order valence-electron chi connectivity index (χ0n) is 14.7. The first-order chi connectivity index (χ1) is 12.0. The van der Waals surface area contributed by atoms with Crippen LogP contribution in [0.5, 0.6) is 0 Å². The Morgan fingerprint density at radius 2 is 1.56 bits per heavy atom. The van der Waals surface area contributed by atoms with Gasteiger partial charge in [0.1, 0.15) is 5.70 Å². The van der Waals surface area contributed by atoms with Crippen LogP contribution in [-0.4, -0.2) is 23.3 Å². The van der Waals surface area contributed by atoms with Crippen LogP contribution in [0.1, 0.15) is 37.8 Å². The SMILES string of the molecule is CCN1C(=O)C(Nc2ccc(C(C)C)cc2)=C(c2ccccc2)C1=O. The molecule has 2 aromatic carbocycles. The number of benzene rings is 2. The average molecular weight is 334 g/mol. The van der Waals surface area contributed by atoms with E-state index in [-0.39, 0.29) is 11.8 Å². The minimum atomic E-state index is -0.278. The molecule has 1 aliphatic rings. The number of anilines is 1. The molecule has 0 aliphatic carbocycles. The van der Waals surface area contributed by atoms with Crippen molar-refractivity contribution in [1.82, 2.24) is 4.90 Å². The largest absolute Gasteiger partial charge is 0.350 e. The Morgan fingerprint density at radius 1 is 0.920 bits per heavy atom. The molecule has 4 heteroatoms. The van der Waals surface area contributed by atoms with Gasteiger partial charge in [0.2, 0.25) is 0 Å². The van der Waals surface area contributed by atoms with Crippen LogP contribution in [0.15, 0.2) is 60.3 Å². The van der Waals surface area contributed by atoms with E-state index in [2.05, 4.69) is 19.2 Å². The topological polar surface area (TPSA) is 49.4 Å². The van der Waals surface area contributed by atoms with Crippen molar-refractivity contribution in [3.63, 3.8) is 0 Å². The van der Waals surface area contributed by atoms with Gasteiger partial charge in [0, 0.05) is 12.2 Å². The van der Waals surface area contributed by atoms with Crippen molar-refractivity contribution < 1.29 is 9.59 Å². The van der Waals surface area contributed by atoms with E-state index in [0.29, 0.717) is 23.7 Å². The monoisotopic (exact) mass is 334 g/mol. The van der Waals surface area contributed by atoms with Crippen molar-refractivity contribution in [2.45, 2.75) is 26.7 Å². The highest BCUT2D eigenvalue weighted by Gasteiger charge is 2.38. The van der Waals surface area contributed by atoms with Gasteiger partial charge in [-0.05, 0) is 36.1 Å². The van der Waals surface area contributed by atoms with Crippen molar-refractivity contribution in [2.75, 3.05) is 11.9 Å². The third-order valence-electron chi connectivity index (χ3n) is 4.39. The summed E-state index contributed by atoms with van der Waals surface area (Å²) in [5.74, 6) is -0.0855. The molecular formula is C21H22N2O2. The second kappa shape index (κ2) is 6.93. The predicted molar refractivity (Wildman–Crippen MR) is 99.9 cm³/mol. The second-order valence-corrected chi connectivity index (χ2v) is 6.37. The summed E-state index contributed by atoms with van der Waals surface area (Å²) in [6.07, 6.45) is 0. The predicted octanol–water partition coefficient (Wildman–Crippen LogP) is 4.02. The standard InChI is InChI=1S/C21H22N2O2/c1-4-23-20(24)18(16-8-6-5-7-9-16)19(21(23)25)22-17-12-10-15(11-13-17)14(2)3/h5-14,22H,4H2,1-3H3. The van der Waals surface area contributed by atoms with E-state index in [1.165, 1.54) is 10.5 Å². The summed E-state index contributed by atoms with van der Waals surface area (Å²) in [5.41, 5.74) is 3.55. The molecule has 1 N–H and O–H groups in total. The molecule has 3 rings (SSSR count). The van der Waals surface area contributed by atoms with Crippen LogP contribution in [0.4, 0.5) is 5.69 Å². The van der Waals surface area contributed by atoms with Gasteiger partial charge in [0.05, 0.1) is 5.57 Å². The van der Waals surface area contributed by atoms with E-state index >= 15 is 0 Å². The molecular weight excluding hydrogens is 312 g/mol. The number of imide groups is 1. The number of carbonyl (C=O) groups excluding carboxylic acids is 2. The molecule has 4 nitrogen and oxygen atoms in total. The van der Waals surface area contributed by atoms with Crippen LogP contribution < -0.4 is 5.32 Å². The van der Waals surface area contributed by atoms with Crippen LogP contribution in [0.2, 0.25) is 0 Å². The maximum absolute atomic E-state index is 12.7. The van der Waals surface area contributed by atoms with Gasteiger partial charge in [-0.3, -0.25) is 14.5 Å². The highest BCUT2D eigenvalue weighted by Crippen LogP contribution is 2.30. The minimum Gasteiger partial charge on any atom is -0.350 e. The summed E-state index contributed by atoms with van der Waals surface area (Å²) in [6.45, 7) is 6.43. The summed E-state index contributed by atoms with van der Waals surface area (Å²) < 4.78 is 0. The van der Waals surface area contributed by atoms with E-state index in [0.717, 1.165) is 11.3 Å². The number of hydrogen-bond donors (Lipinski definition) is 1. The molecule has 1 aliphatic heterocycles. The zero-order valence-corrected chi connectivity index (χ0v) is 14.7. The zero-order chi connectivity index (χ0) is 18.0. The second-order valence-electron chi connectivity index (χ2n) is 6.37. The molecule has 1 heterocycles. The van der Waals surface area contributed by atoms with Crippen molar-refractivity contribution in [2.24, 2.45) is 0 Å². The molecule has 0 aromatic heterocycles. The fraction of sp³-hybridized carbons (Fsp3) is 0.238. The molecule has 2 amide bonds. The lowest BCUT2D eigenvalue weighted by Crippen LogP contribution is -2.32. The van der Waals surface area contributed by atoms with Gasteiger partial charge in [-0.25, -0.2) is 0 Å². The summed E-state index contributed by atoms with van der Waals surface area (Å²) in [4.78, 5) is 26.7. The van der Waals surface area contributed by atoms with Crippen LogP contribution in [0.3, 0.4) is 0 Å². The molecule has 0 saturated heterocycles. The van der Waals surface area contributed by atoms with Crippen LogP contribution in [0, 0.1) is 0 Å². The number of carbonyl (C=O) groups is 2. The van der Waals surface area contributed by atoms with Crippen LogP contribution in [0.25, 0.3) is 5.57 Å². The lowest BCUT2D eigenvalue weighted by Gasteiger charge is -2.12. The smallest absolute Gasteiger partial charge is 0.278 e. The maximum Gasteiger partial charge on any atom is 0.278 e. The number of likely N-dealkylation sites (N-methyl/N-ethyl adjacent to an activating group) is 1. The van der Waals surface area contributed by atoms with Gasteiger partial charge < -0.3 is 5.32 Å². The van der Waals surface area contributed by atoms with E-state index in [9.17, 15) is 9.59 Å². The Hall–Kier alpha value is -2.88. The van der Waals surface area contributed by atoms with Gasteiger partial charge in [0.15, 0.2) is 0 Å². The third kappa shape index (κ3) is 3.20. The first kappa shape index (κ1) is 17.0. The van der Waals surface area contributed by atoms with Gasteiger partial charge in [-0.15, -0.1) is 0 Å². The lowest BCUT2D eigenvalue weighted by molar-refractivity contribution is -0.136. The molecule has 25 heavy (non-hydrogen) atoms. The summed E-state index contributed by atoms with van der Waals surface area (Å²) >= 11 is 0. The first-order valence-electron chi connectivity index (χ1n) is 8.55. The van der Waals surface area contributed by atoms with Crippen molar-refractivity contribution in [3.8, 4) is 0 Å². The van der Waals surface area contributed by atoms with E-state index in [1.54, 1.807) is 6.92 Å². The summed E-state index contributed by atoms with van der Waals surface area (Å²) in [6, 6.07) is 17.3. The number of amides is 2. The quantitative estimate of drug-likeness (QED) is 0.840. The number of nitrogens with one attached hydrogen (secondary N) is 1. The summed E-state index contributed by atoms with van der Waals surface area (Å²) in [7, 11) is 0. The number of rotatable bonds is 5. The Labute approximate surface area is 148 Å². The Kier molecular flexibility index (Phi) is 4.70. The van der Waals surface area contributed by atoms with Gasteiger partial charge in [-0.2, -0.15) is 0 Å². The highest BCUT2D eigenvalue weighted by atomic mass is 16.2. The highest BCUT2D eigenvalue weighted by molar-refractivity contribution is 6.36. The fourth-order valence-electron chi connectivity index (χ4n) is 2.95. The molecule has 0 saturated carbocycles. The van der Waals surface area contributed by atoms with Gasteiger partial charge in [0.25, 0.3) is 11.8 Å². The Morgan fingerprint density at radius 3 is 2.12 bits per heavy atom. The van der Waals surface area contributed by atoms with Crippen molar-refractivity contribution in [3.05, 3.63) is 71.4 Å². The van der Waals surface area contributed by atoms with Crippen molar-refractivity contribution in [1.29, 1.82) is 0 Å². The number of nitrogens with zero attached hydrogens (tertiary/aromatic N) is 1. The van der Waals surface area contributed by atoms with E-state index in [1.807, 2.05) is 54.6 Å². The first-order valence-corrected chi connectivity index (χ1v) is 8.55. The third-order valence-corrected chi connectivity index (χ3v) is 4.39. The molecule has 0 spiro atoms. The van der Waals surface area contributed by atoms with E-state index < -0.39 is 0 Å². The Bertz CT molecular complexity index is 821. The van der Waals surface area contributed by atoms with Crippen LogP contribution >= 0.6 is 0 Å². The molecule has 0 atom stereocenters. The molecule has 0 fully saturated rings. The molecule has 0 radical (unpaired) electrons. The molecule has 0 bridgehead atoms. The normalized spacial score (nSPS) is 14.6. The maximum atomic E-state index is 12.7. The Balaban J connectivity index is 2.01. The molecule has 2 aromatic rings. The number of hydrogen-bond acceptors (Lipinski definition) is 3. The molecule has 128 valence electrons. The summed E-state index contributed by atoms with van der Waals surface area (Å²) in [5, 5.41) is 3.17. The van der Waals surface area contributed by atoms with Gasteiger partial charge >= 0.3 is 0 Å². The van der Waals surface area contributed by atoms with Crippen molar-refractivity contribution >= 4 is 23.1 Å². The van der Waals surface area contributed by atoms with Gasteiger partial charge in [-0.1, -0.05) is 56.3 Å². The van der Waals surface area contributed by atoms with Crippen LogP contribution in [-0.2, 0) is 9.59 Å². The fourth-order valence-corrected chi connectivity index (χ4v) is 2.95. The molecule has 0 unspecified atom stereocenters.